The second-order valence-electron chi connectivity index (χ2n) is 5.66. The molecule has 0 saturated carbocycles. The molecule has 0 bridgehead atoms. The summed E-state index contributed by atoms with van der Waals surface area (Å²) in [5.74, 6) is -0.196. The molecule has 0 aliphatic carbocycles. The van der Waals surface area contributed by atoms with Gasteiger partial charge in [-0.25, -0.2) is 4.98 Å². The van der Waals surface area contributed by atoms with Gasteiger partial charge in [-0.2, -0.15) is 0 Å². The van der Waals surface area contributed by atoms with E-state index in [1.54, 1.807) is 18.2 Å². The number of benzene rings is 1. The maximum Gasteiger partial charge on any atom is 0.261 e. The molecule has 1 aromatic carbocycles. The molecule has 0 radical (unpaired) electrons. The minimum absolute atomic E-state index is 0.142. The summed E-state index contributed by atoms with van der Waals surface area (Å²) >= 11 is 1.39. The fraction of sp³-hybridized carbons (Fsp3) is 0.353. The first-order valence-electron chi connectivity index (χ1n) is 8.24. The van der Waals surface area contributed by atoms with Crippen molar-refractivity contribution in [1.29, 1.82) is 0 Å². The highest BCUT2D eigenvalue weighted by Gasteiger charge is 2.09. The van der Waals surface area contributed by atoms with Crippen molar-refractivity contribution in [3.8, 4) is 0 Å². The van der Waals surface area contributed by atoms with Crippen LogP contribution >= 0.6 is 11.3 Å². The van der Waals surface area contributed by atoms with Gasteiger partial charge in [-0.05, 0) is 18.6 Å². The maximum atomic E-state index is 12.4. The van der Waals surface area contributed by atoms with Gasteiger partial charge in [-0.3, -0.25) is 14.2 Å². The molecular weight excluding hydrogens is 338 g/mol. The Kier molecular flexibility index (Phi) is 5.49. The molecular formula is C17H19N5O2S. The van der Waals surface area contributed by atoms with Crippen molar-refractivity contribution in [3.63, 3.8) is 0 Å². The Bertz CT molecular complexity index is 934. The van der Waals surface area contributed by atoms with Crippen LogP contribution in [0.4, 0.5) is 5.13 Å². The second-order valence-corrected chi connectivity index (χ2v) is 6.73. The zero-order chi connectivity index (χ0) is 17.6. The summed E-state index contributed by atoms with van der Waals surface area (Å²) in [4.78, 5) is 28.7. The monoisotopic (exact) mass is 357 g/mol. The normalized spacial score (nSPS) is 10.9. The van der Waals surface area contributed by atoms with E-state index in [9.17, 15) is 9.59 Å². The molecule has 0 aliphatic rings. The van der Waals surface area contributed by atoms with Gasteiger partial charge in [0, 0.05) is 19.4 Å². The molecule has 0 saturated heterocycles. The summed E-state index contributed by atoms with van der Waals surface area (Å²) in [5, 5.41) is 12.8. The van der Waals surface area contributed by atoms with Gasteiger partial charge in [0.05, 0.1) is 17.2 Å². The third kappa shape index (κ3) is 4.27. The standard InChI is InChI=1S/C17H19N5O2S/c1-2-3-8-15-20-21-17(25-15)19-14(23)9-10-22-11-18-13-7-5-4-6-12(13)16(22)24/h4-7,11H,2-3,8-10H2,1H3,(H,19,21,23). The van der Waals surface area contributed by atoms with Gasteiger partial charge in [-0.1, -0.05) is 36.8 Å². The smallest absolute Gasteiger partial charge is 0.261 e. The Morgan fingerprint density at radius 3 is 2.96 bits per heavy atom. The Hall–Kier alpha value is -2.61. The van der Waals surface area contributed by atoms with Gasteiger partial charge in [0.1, 0.15) is 5.01 Å². The van der Waals surface area contributed by atoms with Gasteiger partial charge in [-0.15, -0.1) is 10.2 Å². The second kappa shape index (κ2) is 7.98. The molecule has 8 heteroatoms. The molecule has 7 nitrogen and oxygen atoms in total. The highest BCUT2D eigenvalue weighted by molar-refractivity contribution is 7.15. The molecule has 0 atom stereocenters. The molecule has 0 spiro atoms. The lowest BCUT2D eigenvalue weighted by Gasteiger charge is -2.06. The van der Waals surface area contributed by atoms with Crippen LogP contribution in [0.5, 0.6) is 0 Å². The van der Waals surface area contributed by atoms with Crippen LogP contribution < -0.4 is 10.9 Å². The van der Waals surface area contributed by atoms with E-state index >= 15 is 0 Å². The zero-order valence-corrected chi connectivity index (χ0v) is 14.8. The molecule has 1 amide bonds. The molecule has 0 aliphatic heterocycles. The van der Waals surface area contributed by atoms with Crippen LogP contribution in [0.2, 0.25) is 0 Å². The van der Waals surface area contributed by atoms with Crippen molar-refractivity contribution in [3.05, 3.63) is 46.0 Å². The molecule has 0 unspecified atom stereocenters. The van der Waals surface area contributed by atoms with E-state index in [1.165, 1.54) is 22.2 Å². The lowest BCUT2D eigenvalue weighted by Crippen LogP contribution is -2.23. The number of anilines is 1. The topological polar surface area (TPSA) is 89.8 Å². The highest BCUT2D eigenvalue weighted by Crippen LogP contribution is 2.17. The van der Waals surface area contributed by atoms with Crippen molar-refractivity contribution in [1.82, 2.24) is 19.7 Å². The maximum absolute atomic E-state index is 12.4. The third-order valence-corrected chi connectivity index (χ3v) is 4.67. The minimum Gasteiger partial charge on any atom is -0.300 e. The van der Waals surface area contributed by atoms with E-state index in [4.69, 9.17) is 0 Å². The molecule has 1 N–H and O–H groups in total. The molecule has 25 heavy (non-hydrogen) atoms. The molecule has 3 rings (SSSR count). The van der Waals surface area contributed by atoms with Crippen molar-refractivity contribution >= 4 is 33.3 Å². The third-order valence-electron chi connectivity index (χ3n) is 3.77. The number of nitrogens with zero attached hydrogens (tertiary/aromatic N) is 4. The van der Waals surface area contributed by atoms with Crippen LogP contribution in [0, 0.1) is 0 Å². The highest BCUT2D eigenvalue weighted by atomic mass is 32.1. The van der Waals surface area contributed by atoms with Crippen LogP contribution in [0.15, 0.2) is 35.4 Å². The number of unbranched alkanes of at least 4 members (excludes halogenated alkanes) is 1. The number of carbonyl (C=O) groups excluding carboxylic acids is 1. The average Bonchev–Trinajstić information content (AvgIpc) is 3.07. The number of fused-ring (bicyclic) bond motifs is 1. The SMILES string of the molecule is CCCCc1nnc(NC(=O)CCn2cnc3ccccc3c2=O)s1. The van der Waals surface area contributed by atoms with Crippen LogP contribution in [-0.2, 0) is 17.8 Å². The lowest BCUT2D eigenvalue weighted by atomic mass is 10.2. The summed E-state index contributed by atoms with van der Waals surface area (Å²) in [6, 6.07) is 7.16. The minimum atomic E-state index is -0.196. The molecule has 0 fully saturated rings. The number of carbonyl (C=O) groups is 1. The lowest BCUT2D eigenvalue weighted by molar-refractivity contribution is -0.116. The fourth-order valence-electron chi connectivity index (χ4n) is 2.40. The van der Waals surface area contributed by atoms with E-state index < -0.39 is 0 Å². The van der Waals surface area contributed by atoms with Gasteiger partial charge in [0.25, 0.3) is 5.56 Å². The van der Waals surface area contributed by atoms with Crippen LogP contribution in [0.3, 0.4) is 0 Å². The van der Waals surface area contributed by atoms with Crippen molar-refractivity contribution in [2.45, 2.75) is 39.2 Å². The van der Waals surface area contributed by atoms with Crippen LogP contribution in [-0.4, -0.2) is 25.7 Å². The summed E-state index contributed by atoms with van der Waals surface area (Å²) in [5.41, 5.74) is 0.512. The van der Waals surface area contributed by atoms with E-state index in [0.717, 1.165) is 24.3 Å². The van der Waals surface area contributed by atoms with E-state index in [1.807, 2.05) is 6.07 Å². The number of aryl methyl sites for hydroxylation is 2. The number of hydrogen-bond acceptors (Lipinski definition) is 6. The zero-order valence-electron chi connectivity index (χ0n) is 13.9. The Labute approximate surface area is 148 Å². The number of hydrogen-bond donors (Lipinski definition) is 1. The van der Waals surface area contributed by atoms with Crippen LogP contribution in [0.25, 0.3) is 10.9 Å². The predicted octanol–water partition coefficient (Wildman–Crippen LogP) is 2.62. The summed E-state index contributed by atoms with van der Waals surface area (Å²) in [6.45, 7) is 2.39. The number of rotatable bonds is 7. The molecule has 2 heterocycles. The summed E-state index contributed by atoms with van der Waals surface area (Å²) in [7, 11) is 0. The number of para-hydroxylation sites is 1. The first-order chi connectivity index (χ1) is 12.2. The van der Waals surface area contributed by atoms with E-state index in [-0.39, 0.29) is 24.4 Å². The summed E-state index contributed by atoms with van der Waals surface area (Å²) in [6.07, 6.45) is 4.67. The predicted molar refractivity (Wildman–Crippen MR) is 97.8 cm³/mol. The number of amides is 1. The van der Waals surface area contributed by atoms with Gasteiger partial charge in [0.2, 0.25) is 11.0 Å². The first-order valence-corrected chi connectivity index (χ1v) is 9.05. The van der Waals surface area contributed by atoms with E-state index in [2.05, 4.69) is 27.4 Å². The van der Waals surface area contributed by atoms with Gasteiger partial charge >= 0.3 is 0 Å². The molecule has 130 valence electrons. The Morgan fingerprint density at radius 2 is 2.12 bits per heavy atom. The first kappa shape index (κ1) is 17.2. The van der Waals surface area contributed by atoms with E-state index in [0.29, 0.717) is 16.0 Å². The Balaban J connectivity index is 1.60. The largest absolute Gasteiger partial charge is 0.300 e. The fourth-order valence-corrected chi connectivity index (χ4v) is 3.20. The molecule has 3 aromatic rings. The number of aromatic nitrogens is 4. The summed E-state index contributed by atoms with van der Waals surface area (Å²) < 4.78 is 1.45. The van der Waals surface area contributed by atoms with Gasteiger partial charge < -0.3 is 5.32 Å². The van der Waals surface area contributed by atoms with Crippen molar-refractivity contribution in [2.24, 2.45) is 0 Å². The van der Waals surface area contributed by atoms with Gasteiger partial charge in [0.15, 0.2) is 0 Å². The van der Waals surface area contributed by atoms with Crippen molar-refractivity contribution < 1.29 is 4.79 Å². The van der Waals surface area contributed by atoms with Crippen LogP contribution in [0.1, 0.15) is 31.2 Å². The molecule has 2 aromatic heterocycles. The Morgan fingerprint density at radius 1 is 1.28 bits per heavy atom. The average molecular weight is 357 g/mol. The quantitative estimate of drug-likeness (QED) is 0.702. The van der Waals surface area contributed by atoms with Crippen molar-refractivity contribution in [2.75, 3.05) is 5.32 Å². The number of nitrogens with one attached hydrogen (secondary N) is 1.